The molecule has 1 nitrogen and oxygen atoms in total. The first-order chi connectivity index (χ1) is 3.29. The van der Waals surface area contributed by atoms with Gasteiger partial charge in [0.05, 0.1) is 7.85 Å². The summed E-state index contributed by atoms with van der Waals surface area (Å²) in [6, 6.07) is 0. The molecule has 0 aliphatic carbocycles. The second-order valence-electron chi connectivity index (χ2n) is 2.31. The maximum absolute atomic E-state index is 5.58. The Morgan fingerprint density at radius 2 is 2.43 bits per heavy atom. The molecule has 1 heterocycles. The van der Waals surface area contributed by atoms with Gasteiger partial charge in [-0.1, -0.05) is 5.82 Å². The Hall–Kier alpha value is 0.0249. The minimum atomic E-state index is 0.449. The summed E-state index contributed by atoms with van der Waals surface area (Å²) < 4.78 is 0. The maximum atomic E-state index is 5.58. The summed E-state index contributed by atoms with van der Waals surface area (Å²) in [7, 11) is 7.69. The summed E-state index contributed by atoms with van der Waals surface area (Å²) in [6.07, 6.45) is 1.18. The van der Waals surface area contributed by atoms with Gasteiger partial charge in [0.2, 0.25) is 0 Å². The Morgan fingerprint density at radius 3 is 2.57 bits per heavy atom. The topological polar surface area (TPSA) is 3.24 Å². The maximum Gasteiger partial charge on any atom is 0.0717 e. The fraction of sp³-hybridized carbons (Fsp3) is 1.00. The summed E-state index contributed by atoms with van der Waals surface area (Å²) in [5, 5.41) is 0. The Morgan fingerprint density at radius 1 is 1.71 bits per heavy atom. The van der Waals surface area contributed by atoms with E-state index in [1.54, 1.807) is 0 Å². The zero-order chi connectivity index (χ0) is 5.28. The van der Waals surface area contributed by atoms with Crippen molar-refractivity contribution in [1.29, 1.82) is 0 Å². The third-order valence-electron chi connectivity index (χ3n) is 1.43. The zero-order valence-electron chi connectivity index (χ0n) is 4.72. The van der Waals surface area contributed by atoms with Crippen LogP contribution in [0.1, 0.15) is 6.42 Å². The summed E-state index contributed by atoms with van der Waals surface area (Å²) >= 11 is 0. The molecule has 7 heavy (non-hydrogen) atoms. The SMILES string of the molecule is [B][C@H]1CCN(C)C1. The Labute approximate surface area is 46.1 Å². The lowest BCUT2D eigenvalue weighted by Gasteiger charge is -2.03. The number of hydrogen-bond acceptors (Lipinski definition) is 1. The van der Waals surface area contributed by atoms with Gasteiger partial charge in [-0.15, -0.1) is 0 Å². The van der Waals surface area contributed by atoms with Crippen molar-refractivity contribution in [3.05, 3.63) is 0 Å². The summed E-state index contributed by atoms with van der Waals surface area (Å²) in [6.45, 7) is 2.27. The molecule has 2 radical (unpaired) electrons. The predicted molar refractivity (Wildman–Crippen MR) is 31.6 cm³/mol. The van der Waals surface area contributed by atoms with Crippen LogP contribution < -0.4 is 0 Å². The molecule has 1 aliphatic rings. The molecule has 0 unspecified atom stereocenters. The molecule has 0 N–H and O–H groups in total. The van der Waals surface area contributed by atoms with Crippen molar-refractivity contribution in [2.24, 2.45) is 0 Å². The normalized spacial score (nSPS) is 34.1. The van der Waals surface area contributed by atoms with E-state index in [-0.39, 0.29) is 0 Å². The quantitative estimate of drug-likeness (QED) is 0.390. The first kappa shape index (κ1) is 5.17. The fourth-order valence-electron chi connectivity index (χ4n) is 0.969. The second-order valence-corrected chi connectivity index (χ2v) is 2.31. The molecule has 2 heteroatoms. The van der Waals surface area contributed by atoms with Crippen LogP contribution in [0.25, 0.3) is 0 Å². The van der Waals surface area contributed by atoms with E-state index in [2.05, 4.69) is 11.9 Å². The van der Waals surface area contributed by atoms with Crippen molar-refractivity contribution < 1.29 is 0 Å². The molecular formula is C5H10BN. The molecule has 0 saturated carbocycles. The summed E-state index contributed by atoms with van der Waals surface area (Å²) in [4.78, 5) is 2.25. The molecule has 1 atom stereocenters. The number of nitrogens with zero attached hydrogens (tertiary/aromatic N) is 1. The van der Waals surface area contributed by atoms with Crippen molar-refractivity contribution in [3.63, 3.8) is 0 Å². The van der Waals surface area contributed by atoms with Crippen LogP contribution in [0.3, 0.4) is 0 Å². The van der Waals surface area contributed by atoms with Crippen molar-refractivity contribution in [2.75, 3.05) is 20.1 Å². The number of rotatable bonds is 0. The molecule has 0 bridgehead atoms. The summed E-state index contributed by atoms with van der Waals surface area (Å²) in [5.41, 5.74) is 0. The van der Waals surface area contributed by atoms with E-state index in [0.29, 0.717) is 5.82 Å². The third-order valence-corrected chi connectivity index (χ3v) is 1.43. The van der Waals surface area contributed by atoms with Gasteiger partial charge in [0, 0.05) is 0 Å². The molecule has 0 aromatic heterocycles. The molecule has 1 aliphatic heterocycles. The smallest absolute Gasteiger partial charge is 0.0717 e. The van der Waals surface area contributed by atoms with Gasteiger partial charge in [0.1, 0.15) is 0 Å². The third kappa shape index (κ3) is 1.20. The monoisotopic (exact) mass is 95.1 g/mol. The van der Waals surface area contributed by atoms with Gasteiger partial charge >= 0.3 is 0 Å². The minimum absolute atomic E-state index is 0.449. The van der Waals surface area contributed by atoms with Crippen molar-refractivity contribution >= 4 is 7.85 Å². The molecule has 38 valence electrons. The Bertz CT molecular complexity index is 57.1. The van der Waals surface area contributed by atoms with E-state index in [1.165, 1.54) is 13.0 Å². The van der Waals surface area contributed by atoms with Crippen LogP contribution in [0.2, 0.25) is 5.82 Å². The average molecular weight is 95.0 g/mol. The van der Waals surface area contributed by atoms with Crippen LogP contribution in [-0.4, -0.2) is 32.9 Å². The first-order valence-electron chi connectivity index (χ1n) is 2.73. The predicted octanol–water partition coefficient (Wildman–Crippen LogP) is 0.279. The van der Waals surface area contributed by atoms with E-state index < -0.39 is 0 Å². The van der Waals surface area contributed by atoms with Gasteiger partial charge in [-0.25, -0.2) is 0 Å². The van der Waals surface area contributed by atoms with Crippen LogP contribution in [-0.2, 0) is 0 Å². The Balaban J connectivity index is 2.26. The van der Waals surface area contributed by atoms with E-state index in [1.807, 2.05) is 0 Å². The lowest BCUT2D eigenvalue weighted by Crippen LogP contribution is -2.12. The van der Waals surface area contributed by atoms with E-state index in [9.17, 15) is 0 Å². The van der Waals surface area contributed by atoms with Gasteiger partial charge < -0.3 is 4.90 Å². The van der Waals surface area contributed by atoms with Crippen LogP contribution >= 0.6 is 0 Å². The van der Waals surface area contributed by atoms with Crippen molar-refractivity contribution in [1.82, 2.24) is 4.90 Å². The van der Waals surface area contributed by atoms with E-state index >= 15 is 0 Å². The van der Waals surface area contributed by atoms with Crippen molar-refractivity contribution in [2.45, 2.75) is 12.2 Å². The van der Waals surface area contributed by atoms with Crippen LogP contribution in [0.4, 0.5) is 0 Å². The first-order valence-corrected chi connectivity index (χ1v) is 2.73. The number of hydrogen-bond donors (Lipinski definition) is 0. The van der Waals surface area contributed by atoms with Gasteiger partial charge in [0.15, 0.2) is 0 Å². The molecule has 1 rings (SSSR count). The standard InChI is InChI=1S/C5H10BN/c1-7-3-2-5(6)4-7/h5H,2-4H2,1H3/t5-/m0/s1. The van der Waals surface area contributed by atoms with Gasteiger partial charge in [-0.3, -0.25) is 0 Å². The highest BCUT2D eigenvalue weighted by molar-refractivity contribution is 6.11. The highest BCUT2D eigenvalue weighted by Crippen LogP contribution is 2.14. The molecular weight excluding hydrogens is 84.9 g/mol. The summed E-state index contributed by atoms with van der Waals surface area (Å²) in [5.74, 6) is 0.449. The van der Waals surface area contributed by atoms with E-state index in [4.69, 9.17) is 7.85 Å². The van der Waals surface area contributed by atoms with Crippen LogP contribution in [0.5, 0.6) is 0 Å². The largest absolute Gasteiger partial charge is 0.307 e. The van der Waals surface area contributed by atoms with Gasteiger partial charge in [-0.2, -0.15) is 0 Å². The van der Waals surface area contributed by atoms with Crippen LogP contribution in [0, 0.1) is 0 Å². The van der Waals surface area contributed by atoms with Crippen LogP contribution in [0.15, 0.2) is 0 Å². The zero-order valence-corrected chi connectivity index (χ0v) is 4.72. The minimum Gasteiger partial charge on any atom is -0.307 e. The molecule has 1 saturated heterocycles. The molecule has 1 fully saturated rings. The molecule has 0 amide bonds. The lowest BCUT2D eigenvalue weighted by molar-refractivity contribution is 0.418. The van der Waals surface area contributed by atoms with Gasteiger partial charge in [-0.05, 0) is 26.6 Å². The molecule has 0 aromatic rings. The van der Waals surface area contributed by atoms with E-state index in [0.717, 1.165) is 6.54 Å². The number of likely N-dealkylation sites (tertiary alicyclic amines) is 1. The highest BCUT2D eigenvalue weighted by Gasteiger charge is 2.12. The second kappa shape index (κ2) is 1.87. The van der Waals surface area contributed by atoms with Crippen molar-refractivity contribution in [3.8, 4) is 0 Å². The lowest BCUT2D eigenvalue weighted by atomic mass is 9.87. The molecule has 0 spiro atoms. The fourth-order valence-corrected chi connectivity index (χ4v) is 0.969. The molecule has 0 aromatic carbocycles. The Kier molecular flexibility index (Phi) is 1.38. The van der Waals surface area contributed by atoms with Gasteiger partial charge in [0.25, 0.3) is 0 Å². The highest BCUT2D eigenvalue weighted by atomic mass is 15.1. The average Bonchev–Trinajstić information content (AvgIpc) is 1.87.